The number of carboxylic acids is 1. The van der Waals surface area contributed by atoms with Crippen LogP contribution in [0.2, 0.25) is 0 Å². The van der Waals surface area contributed by atoms with E-state index in [9.17, 15) is 14.7 Å². The van der Waals surface area contributed by atoms with Crippen molar-refractivity contribution in [2.45, 2.75) is 84.3 Å². The lowest BCUT2D eigenvalue weighted by molar-refractivity contribution is -0.143. The number of carbonyl (C=O) groups is 2. The van der Waals surface area contributed by atoms with Gasteiger partial charge in [-0.1, -0.05) is 52.8 Å². The molecule has 4 atom stereocenters. The van der Waals surface area contributed by atoms with Crippen LogP contribution in [0.25, 0.3) is 10.9 Å². The summed E-state index contributed by atoms with van der Waals surface area (Å²) in [6, 6.07) is 10.1. The molecule has 1 amide bonds. The molecule has 1 fully saturated rings. The Kier molecular flexibility index (Phi) is 9.28. The molecule has 2 heterocycles. The summed E-state index contributed by atoms with van der Waals surface area (Å²) >= 11 is 0. The van der Waals surface area contributed by atoms with Crippen molar-refractivity contribution in [3.63, 3.8) is 0 Å². The number of benzene rings is 2. The van der Waals surface area contributed by atoms with Crippen molar-refractivity contribution in [3.05, 3.63) is 52.7 Å². The van der Waals surface area contributed by atoms with Crippen LogP contribution in [-0.4, -0.2) is 64.8 Å². The summed E-state index contributed by atoms with van der Waals surface area (Å²) in [7, 11) is 2.27. The maximum absolute atomic E-state index is 12.6. The summed E-state index contributed by atoms with van der Waals surface area (Å²) in [4.78, 5) is 29.5. The molecule has 238 valence electrons. The van der Waals surface area contributed by atoms with Crippen molar-refractivity contribution in [2.75, 3.05) is 32.1 Å². The number of aromatic amines is 1. The molecule has 2 aromatic carbocycles. The number of rotatable bonds is 9. The molecule has 1 aromatic heterocycles. The summed E-state index contributed by atoms with van der Waals surface area (Å²) in [6.07, 6.45) is 5.03. The summed E-state index contributed by atoms with van der Waals surface area (Å²) < 4.78 is 11.7. The highest BCUT2D eigenvalue weighted by atomic mass is 16.5. The minimum Gasteiger partial charge on any atom is -0.504 e. The number of carboxylic acid groups (broad SMARTS) is 1. The molecule has 0 saturated heterocycles. The standard InChI is InChI=1S/C31H35N3O6.2C2H6/c1-3-31-20-12-19-18-5-4-6-21(32-24(36)14-39-15-25(37)38)27(18)33-28(19)30(31)40-29-23(35)10-9-17(26(29)31)11-22(20)34(2)13-16-7-8-16;2*1-2/h4-6,9-10,16,20,22,30,33,35H,3,7-8,11-15H2,1-2H3,(H,32,36)(H,37,38);2*1-2H3. The number of para-hydroxylation sites is 1. The topological polar surface area (TPSA) is 124 Å². The number of nitrogens with one attached hydrogen (secondary N) is 2. The van der Waals surface area contributed by atoms with Gasteiger partial charge < -0.3 is 34.9 Å². The van der Waals surface area contributed by atoms with Gasteiger partial charge in [-0.05, 0) is 74.2 Å². The van der Waals surface area contributed by atoms with Crippen LogP contribution in [0.5, 0.6) is 11.5 Å². The third-order valence-electron chi connectivity index (χ3n) is 9.74. The number of hydrogen-bond donors (Lipinski definition) is 4. The van der Waals surface area contributed by atoms with Crippen LogP contribution < -0.4 is 10.1 Å². The summed E-state index contributed by atoms with van der Waals surface area (Å²) in [5.74, 6) is 0.362. The number of phenolic OH excluding ortho intramolecular Hbond substituents is 1. The average molecular weight is 606 g/mol. The van der Waals surface area contributed by atoms with E-state index in [0.717, 1.165) is 48.3 Å². The molecule has 3 aliphatic carbocycles. The highest BCUT2D eigenvalue weighted by Crippen LogP contribution is 2.66. The van der Waals surface area contributed by atoms with E-state index in [1.165, 1.54) is 29.5 Å². The minimum absolute atomic E-state index is 0.191. The second-order valence-electron chi connectivity index (χ2n) is 12.0. The quantitative estimate of drug-likeness (QED) is 0.229. The Labute approximate surface area is 259 Å². The second-order valence-corrected chi connectivity index (χ2v) is 12.0. The molecule has 1 aliphatic heterocycles. The van der Waals surface area contributed by atoms with Gasteiger partial charge in [0, 0.05) is 29.0 Å². The molecule has 4 aliphatic rings. The van der Waals surface area contributed by atoms with E-state index in [1.54, 1.807) is 6.07 Å². The first kappa shape index (κ1) is 31.9. The van der Waals surface area contributed by atoms with Crippen molar-refractivity contribution < 1.29 is 29.3 Å². The molecule has 9 nitrogen and oxygen atoms in total. The van der Waals surface area contributed by atoms with E-state index in [-0.39, 0.29) is 23.9 Å². The van der Waals surface area contributed by atoms with Gasteiger partial charge in [0.05, 0.1) is 16.9 Å². The number of nitrogens with zero attached hydrogens (tertiary/aromatic N) is 1. The Bertz CT molecular complexity index is 1530. The maximum atomic E-state index is 12.6. The number of aromatic nitrogens is 1. The molecule has 7 rings (SSSR count). The zero-order valence-corrected chi connectivity index (χ0v) is 26.8. The number of hydrogen-bond acceptors (Lipinski definition) is 6. The van der Waals surface area contributed by atoms with Crippen molar-refractivity contribution in [3.8, 4) is 11.5 Å². The molecule has 44 heavy (non-hydrogen) atoms. The van der Waals surface area contributed by atoms with Gasteiger partial charge in [-0.3, -0.25) is 4.79 Å². The molecule has 0 spiro atoms. The van der Waals surface area contributed by atoms with Crippen molar-refractivity contribution in [2.24, 2.45) is 11.8 Å². The molecule has 0 bridgehead atoms. The number of ether oxygens (including phenoxy) is 2. The van der Waals surface area contributed by atoms with Crippen LogP contribution in [0, 0.1) is 11.8 Å². The Hall–Kier alpha value is -3.56. The molecule has 1 saturated carbocycles. The number of anilines is 1. The van der Waals surface area contributed by atoms with Crippen LogP contribution in [0.3, 0.4) is 0 Å². The molecule has 4 unspecified atom stereocenters. The summed E-state index contributed by atoms with van der Waals surface area (Å²) in [6.45, 7) is 10.5. The molecule has 4 N–H and O–H groups in total. The predicted octanol–water partition coefficient (Wildman–Crippen LogP) is 6.19. The van der Waals surface area contributed by atoms with Gasteiger partial charge in [0.15, 0.2) is 11.5 Å². The lowest BCUT2D eigenvalue weighted by atomic mass is 9.53. The van der Waals surface area contributed by atoms with Gasteiger partial charge in [-0.25, -0.2) is 4.79 Å². The molecular formula is C35H47N3O6. The monoisotopic (exact) mass is 605 g/mol. The fourth-order valence-electron chi connectivity index (χ4n) is 7.90. The molecule has 0 radical (unpaired) electrons. The first-order valence-electron chi connectivity index (χ1n) is 16.3. The summed E-state index contributed by atoms with van der Waals surface area (Å²) in [5.41, 5.74) is 5.81. The zero-order chi connectivity index (χ0) is 31.8. The van der Waals surface area contributed by atoms with Crippen molar-refractivity contribution >= 4 is 28.5 Å². The predicted molar refractivity (Wildman–Crippen MR) is 172 cm³/mol. The Morgan fingerprint density at radius 2 is 1.86 bits per heavy atom. The number of phenols is 1. The maximum Gasteiger partial charge on any atom is 0.329 e. The van der Waals surface area contributed by atoms with Crippen LogP contribution in [-0.2, 0) is 32.6 Å². The second kappa shape index (κ2) is 12.8. The van der Waals surface area contributed by atoms with Gasteiger partial charge in [0.25, 0.3) is 0 Å². The first-order valence-corrected chi connectivity index (χ1v) is 16.3. The largest absolute Gasteiger partial charge is 0.504 e. The van der Waals surface area contributed by atoms with E-state index < -0.39 is 18.5 Å². The fraction of sp³-hybridized carbons (Fsp3) is 0.543. The Morgan fingerprint density at radius 3 is 2.55 bits per heavy atom. The number of aromatic hydroxyl groups is 1. The number of carbonyl (C=O) groups excluding carboxylic acids is 1. The number of fused-ring (bicyclic) bond motifs is 4. The number of likely N-dealkylation sites (N-methyl/N-ethyl adjacent to an activating group) is 1. The lowest BCUT2D eigenvalue weighted by Gasteiger charge is -2.53. The summed E-state index contributed by atoms with van der Waals surface area (Å²) in [5, 5.41) is 23.7. The van der Waals surface area contributed by atoms with E-state index in [1.807, 2.05) is 39.8 Å². The number of aliphatic carboxylic acids is 1. The average Bonchev–Trinajstić information content (AvgIpc) is 3.65. The normalized spacial score (nSPS) is 23.8. The smallest absolute Gasteiger partial charge is 0.329 e. The molecular weight excluding hydrogens is 558 g/mol. The van der Waals surface area contributed by atoms with Crippen LogP contribution in [0.1, 0.15) is 82.4 Å². The van der Waals surface area contributed by atoms with E-state index in [2.05, 4.69) is 41.3 Å². The minimum atomic E-state index is -1.12. The van der Waals surface area contributed by atoms with Gasteiger partial charge in [0.2, 0.25) is 5.91 Å². The van der Waals surface area contributed by atoms with Gasteiger partial charge in [-0.15, -0.1) is 0 Å². The van der Waals surface area contributed by atoms with Crippen LogP contribution in [0.15, 0.2) is 30.3 Å². The van der Waals surface area contributed by atoms with Crippen molar-refractivity contribution in [1.82, 2.24) is 9.88 Å². The molecule has 9 heteroatoms. The van der Waals surface area contributed by atoms with Gasteiger partial charge in [0.1, 0.15) is 19.3 Å². The lowest BCUT2D eigenvalue weighted by Crippen LogP contribution is -2.57. The highest BCUT2D eigenvalue weighted by molar-refractivity contribution is 6.02. The third-order valence-corrected chi connectivity index (χ3v) is 9.74. The van der Waals surface area contributed by atoms with Gasteiger partial charge in [-0.2, -0.15) is 0 Å². The van der Waals surface area contributed by atoms with Crippen LogP contribution in [0.4, 0.5) is 5.69 Å². The Morgan fingerprint density at radius 1 is 1.11 bits per heavy atom. The molecule has 3 aromatic rings. The first-order chi connectivity index (χ1) is 21.3. The zero-order valence-electron chi connectivity index (χ0n) is 26.8. The fourth-order valence-corrected chi connectivity index (χ4v) is 7.90. The van der Waals surface area contributed by atoms with E-state index in [0.29, 0.717) is 23.4 Å². The third kappa shape index (κ3) is 5.24. The van der Waals surface area contributed by atoms with Gasteiger partial charge >= 0.3 is 5.97 Å². The van der Waals surface area contributed by atoms with E-state index in [4.69, 9.17) is 14.6 Å². The highest BCUT2D eigenvalue weighted by Gasteiger charge is 2.63. The number of amides is 1. The SMILES string of the molecule is CC.CC.CCC12c3c4ccc(O)c3OC1c1[nH]c3c(NC(=O)COCC(=O)O)cccc3c1CC2C(N(C)CC1CC1)C4. The van der Waals surface area contributed by atoms with Crippen molar-refractivity contribution in [1.29, 1.82) is 0 Å². The Balaban J connectivity index is 0.000000924. The van der Waals surface area contributed by atoms with Crippen LogP contribution >= 0.6 is 0 Å². The number of H-pyrrole nitrogens is 1. The van der Waals surface area contributed by atoms with E-state index >= 15 is 0 Å².